The molecule has 0 fully saturated rings. The van der Waals surface area contributed by atoms with Crippen LogP contribution >= 0.6 is 0 Å². The van der Waals surface area contributed by atoms with Crippen LogP contribution in [0.4, 0.5) is 0 Å². The number of rotatable bonds is 6. The second kappa shape index (κ2) is 5.48. The molecule has 92 valence electrons. The van der Waals surface area contributed by atoms with E-state index >= 15 is 0 Å². The van der Waals surface area contributed by atoms with E-state index in [0.29, 0.717) is 6.42 Å². The van der Waals surface area contributed by atoms with Gasteiger partial charge in [-0.15, -0.1) is 0 Å². The molecular formula is C12H21NO3. The van der Waals surface area contributed by atoms with Crippen molar-refractivity contribution in [2.45, 2.75) is 38.8 Å². The molecule has 0 bridgehead atoms. The monoisotopic (exact) mass is 227 g/mol. The molecule has 0 radical (unpaired) electrons. The Morgan fingerprint density at radius 3 is 2.38 bits per heavy atom. The van der Waals surface area contributed by atoms with Gasteiger partial charge in [0.15, 0.2) is 0 Å². The molecule has 0 aliphatic heterocycles. The maximum atomic E-state index is 9.32. The van der Waals surface area contributed by atoms with Crippen molar-refractivity contribution in [1.29, 1.82) is 0 Å². The van der Waals surface area contributed by atoms with Crippen molar-refractivity contribution < 1.29 is 14.6 Å². The van der Waals surface area contributed by atoms with Crippen LogP contribution < -0.4 is 5.32 Å². The predicted molar refractivity (Wildman–Crippen MR) is 62.2 cm³/mol. The highest BCUT2D eigenvalue weighted by Crippen LogP contribution is 2.20. The molecule has 1 heterocycles. The van der Waals surface area contributed by atoms with E-state index in [0.717, 1.165) is 11.5 Å². The Morgan fingerprint density at radius 1 is 1.38 bits per heavy atom. The molecule has 0 amide bonds. The lowest BCUT2D eigenvalue weighted by Crippen LogP contribution is -2.52. The fraction of sp³-hybridized carbons (Fsp3) is 0.667. The first kappa shape index (κ1) is 13.2. The van der Waals surface area contributed by atoms with Crippen LogP contribution in [-0.2, 0) is 0 Å². The third kappa shape index (κ3) is 2.84. The molecule has 1 atom stereocenters. The summed E-state index contributed by atoms with van der Waals surface area (Å²) in [6.45, 7) is 5.59. The van der Waals surface area contributed by atoms with Crippen LogP contribution in [0.3, 0.4) is 0 Å². The Bertz CT molecular complexity index is 310. The van der Waals surface area contributed by atoms with E-state index < -0.39 is 5.54 Å². The molecule has 1 aromatic heterocycles. The van der Waals surface area contributed by atoms with E-state index in [-0.39, 0.29) is 19.3 Å². The lowest BCUT2D eigenvalue weighted by atomic mass is 9.97. The van der Waals surface area contributed by atoms with Crippen molar-refractivity contribution >= 4 is 0 Å². The topological polar surface area (TPSA) is 65.6 Å². The van der Waals surface area contributed by atoms with Gasteiger partial charge in [-0.1, -0.05) is 6.92 Å². The van der Waals surface area contributed by atoms with Gasteiger partial charge in [-0.05, 0) is 32.4 Å². The molecule has 1 unspecified atom stereocenters. The Morgan fingerprint density at radius 2 is 2.00 bits per heavy atom. The van der Waals surface area contributed by atoms with Crippen LogP contribution in [-0.4, -0.2) is 29.0 Å². The molecule has 0 spiro atoms. The smallest absolute Gasteiger partial charge is 0.120 e. The standard InChI is InChI=1S/C12H21NO3/c1-4-12(7-14,8-15)13-10(3)11-6-5-9(2)16-11/h5-6,10,13-15H,4,7-8H2,1-3H3. The van der Waals surface area contributed by atoms with Crippen LogP contribution in [0, 0.1) is 6.92 Å². The number of aliphatic hydroxyl groups is 2. The zero-order chi connectivity index (χ0) is 12.2. The van der Waals surface area contributed by atoms with Crippen molar-refractivity contribution in [1.82, 2.24) is 5.32 Å². The van der Waals surface area contributed by atoms with E-state index in [4.69, 9.17) is 4.42 Å². The van der Waals surface area contributed by atoms with Crippen molar-refractivity contribution in [3.8, 4) is 0 Å². The van der Waals surface area contributed by atoms with Gasteiger partial charge in [0, 0.05) is 0 Å². The van der Waals surface area contributed by atoms with Crippen LogP contribution in [0.5, 0.6) is 0 Å². The van der Waals surface area contributed by atoms with E-state index in [2.05, 4.69) is 5.32 Å². The molecule has 0 saturated carbocycles. The molecule has 4 nitrogen and oxygen atoms in total. The minimum atomic E-state index is -0.639. The summed E-state index contributed by atoms with van der Waals surface area (Å²) in [7, 11) is 0. The second-order valence-electron chi connectivity index (χ2n) is 4.26. The quantitative estimate of drug-likeness (QED) is 0.686. The Hall–Kier alpha value is -0.840. The van der Waals surface area contributed by atoms with Gasteiger partial charge in [0.2, 0.25) is 0 Å². The van der Waals surface area contributed by atoms with E-state index in [1.807, 2.05) is 32.9 Å². The SMILES string of the molecule is CCC(CO)(CO)NC(C)c1ccc(C)o1. The van der Waals surface area contributed by atoms with E-state index in [1.165, 1.54) is 0 Å². The number of aliphatic hydroxyl groups excluding tert-OH is 2. The third-order valence-corrected chi connectivity index (χ3v) is 2.99. The molecule has 0 aliphatic rings. The van der Waals surface area contributed by atoms with Gasteiger partial charge >= 0.3 is 0 Å². The van der Waals surface area contributed by atoms with Crippen LogP contribution in [0.25, 0.3) is 0 Å². The van der Waals surface area contributed by atoms with Crippen molar-refractivity contribution in [2.24, 2.45) is 0 Å². The van der Waals surface area contributed by atoms with Gasteiger partial charge in [0.1, 0.15) is 11.5 Å². The molecule has 1 rings (SSSR count). The summed E-state index contributed by atoms with van der Waals surface area (Å²) < 4.78 is 5.50. The average Bonchev–Trinajstić information content (AvgIpc) is 2.73. The third-order valence-electron chi connectivity index (χ3n) is 2.99. The molecule has 0 aromatic carbocycles. The second-order valence-corrected chi connectivity index (χ2v) is 4.26. The first-order chi connectivity index (χ1) is 7.56. The molecule has 0 saturated heterocycles. The molecule has 1 aromatic rings. The van der Waals surface area contributed by atoms with Gasteiger partial charge in [-0.3, -0.25) is 5.32 Å². The summed E-state index contributed by atoms with van der Waals surface area (Å²) in [4.78, 5) is 0. The van der Waals surface area contributed by atoms with Gasteiger partial charge in [-0.2, -0.15) is 0 Å². The molecule has 16 heavy (non-hydrogen) atoms. The number of hydrogen-bond acceptors (Lipinski definition) is 4. The summed E-state index contributed by atoms with van der Waals surface area (Å²) >= 11 is 0. The highest BCUT2D eigenvalue weighted by molar-refractivity contribution is 5.10. The van der Waals surface area contributed by atoms with E-state index in [9.17, 15) is 10.2 Å². The Balaban J connectivity index is 2.72. The number of hydrogen-bond donors (Lipinski definition) is 3. The Labute approximate surface area is 96.3 Å². The lowest BCUT2D eigenvalue weighted by molar-refractivity contribution is 0.0768. The van der Waals surface area contributed by atoms with Gasteiger partial charge in [0.25, 0.3) is 0 Å². The van der Waals surface area contributed by atoms with E-state index in [1.54, 1.807) is 0 Å². The summed E-state index contributed by atoms with van der Waals surface area (Å²) in [5, 5.41) is 21.9. The summed E-state index contributed by atoms with van der Waals surface area (Å²) in [5.41, 5.74) is -0.639. The fourth-order valence-corrected chi connectivity index (χ4v) is 1.68. The van der Waals surface area contributed by atoms with Crippen LogP contribution in [0.1, 0.15) is 37.8 Å². The number of nitrogens with one attached hydrogen (secondary N) is 1. The zero-order valence-corrected chi connectivity index (χ0v) is 10.2. The Kier molecular flexibility index (Phi) is 4.53. The van der Waals surface area contributed by atoms with Crippen molar-refractivity contribution in [2.75, 3.05) is 13.2 Å². The molecule has 0 aliphatic carbocycles. The summed E-state index contributed by atoms with van der Waals surface area (Å²) in [6.07, 6.45) is 0.657. The fourth-order valence-electron chi connectivity index (χ4n) is 1.68. The minimum absolute atomic E-state index is 0.0343. The molecular weight excluding hydrogens is 206 g/mol. The number of furan rings is 1. The van der Waals surface area contributed by atoms with Gasteiger partial charge in [-0.25, -0.2) is 0 Å². The zero-order valence-electron chi connectivity index (χ0n) is 10.2. The highest BCUT2D eigenvalue weighted by atomic mass is 16.3. The highest BCUT2D eigenvalue weighted by Gasteiger charge is 2.29. The summed E-state index contributed by atoms with van der Waals surface area (Å²) in [6, 6.07) is 3.77. The first-order valence-corrected chi connectivity index (χ1v) is 5.62. The molecule has 4 heteroatoms. The maximum absolute atomic E-state index is 9.32. The normalized spacial score (nSPS) is 14.1. The lowest BCUT2D eigenvalue weighted by Gasteiger charge is -2.32. The largest absolute Gasteiger partial charge is 0.465 e. The molecule has 3 N–H and O–H groups in total. The van der Waals surface area contributed by atoms with Crippen molar-refractivity contribution in [3.63, 3.8) is 0 Å². The average molecular weight is 227 g/mol. The predicted octanol–water partition coefficient (Wildman–Crippen LogP) is 1.37. The first-order valence-electron chi connectivity index (χ1n) is 5.62. The van der Waals surface area contributed by atoms with Crippen LogP contribution in [0.15, 0.2) is 16.5 Å². The van der Waals surface area contributed by atoms with Crippen molar-refractivity contribution in [3.05, 3.63) is 23.7 Å². The van der Waals surface area contributed by atoms with Gasteiger partial charge < -0.3 is 14.6 Å². The minimum Gasteiger partial charge on any atom is -0.465 e. The summed E-state index contributed by atoms with van der Waals surface area (Å²) in [5.74, 6) is 1.68. The van der Waals surface area contributed by atoms with Crippen LogP contribution in [0.2, 0.25) is 0 Å². The maximum Gasteiger partial charge on any atom is 0.120 e. The number of aryl methyl sites for hydroxylation is 1. The van der Waals surface area contributed by atoms with Gasteiger partial charge in [0.05, 0.1) is 24.8 Å².